The quantitative estimate of drug-likeness (QED) is 0.536. The first-order valence-electron chi connectivity index (χ1n) is 4.44. The van der Waals surface area contributed by atoms with E-state index in [9.17, 15) is 4.79 Å². The summed E-state index contributed by atoms with van der Waals surface area (Å²) in [6.45, 7) is 0. The molecule has 1 aliphatic carbocycles. The van der Waals surface area contributed by atoms with Crippen LogP contribution in [0.1, 0.15) is 36.5 Å². The third kappa shape index (κ3) is 1.69. The molecule has 2 rings (SSSR count). The molecule has 1 saturated carbocycles. The van der Waals surface area contributed by atoms with Crippen molar-refractivity contribution in [1.82, 2.24) is 4.37 Å². The van der Waals surface area contributed by atoms with E-state index in [0.717, 1.165) is 5.69 Å². The summed E-state index contributed by atoms with van der Waals surface area (Å²) in [5, 5.41) is 0. The summed E-state index contributed by atoms with van der Waals surface area (Å²) < 4.78 is 4.05. The Morgan fingerprint density at radius 2 is 2.31 bits per heavy atom. The fourth-order valence-corrected chi connectivity index (χ4v) is 2.69. The van der Waals surface area contributed by atoms with Gasteiger partial charge in [0.05, 0.1) is 11.1 Å². The van der Waals surface area contributed by atoms with Gasteiger partial charge in [0, 0.05) is 0 Å². The van der Waals surface area contributed by atoms with E-state index >= 15 is 0 Å². The van der Waals surface area contributed by atoms with Gasteiger partial charge in [-0.25, -0.2) is 4.79 Å². The number of rotatable bonds is 2. The minimum absolute atomic E-state index is 0.583. The molecule has 0 aromatic carbocycles. The lowest BCUT2D eigenvalue weighted by Gasteiger charge is -2.04. The Morgan fingerprint density at radius 3 is 3.00 bits per heavy atom. The molecule has 0 saturated heterocycles. The maximum Gasteiger partial charge on any atom is 0.240 e. The lowest BCUT2D eigenvalue weighted by atomic mass is 10.1. The van der Waals surface area contributed by atoms with E-state index in [1.807, 2.05) is 0 Å². The molecule has 68 valence electrons. The summed E-state index contributed by atoms with van der Waals surface area (Å²) in [6, 6.07) is 0. The SMILES string of the molecule is O=C=Nc1cnsc1C1CCCC1. The topological polar surface area (TPSA) is 42.3 Å². The van der Waals surface area contributed by atoms with Crippen molar-refractivity contribution in [3.05, 3.63) is 11.1 Å². The molecule has 0 atom stereocenters. The van der Waals surface area contributed by atoms with Crippen LogP contribution in [0.25, 0.3) is 0 Å². The Labute approximate surface area is 80.7 Å². The van der Waals surface area contributed by atoms with E-state index in [2.05, 4.69) is 9.37 Å². The van der Waals surface area contributed by atoms with Crippen LogP contribution in [0.4, 0.5) is 5.69 Å². The zero-order valence-electron chi connectivity index (χ0n) is 7.19. The van der Waals surface area contributed by atoms with E-state index in [4.69, 9.17) is 0 Å². The Balaban J connectivity index is 2.27. The molecule has 0 spiro atoms. The molecular weight excluding hydrogens is 184 g/mol. The molecule has 1 aromatic rings. The van der Waals surface area contributed by atoms with Crippen molar-refractivity contribution in [3.8, 4) is 0 Å². The van der Waals surface area contributed by atoms with Crippen LogP contribution in [0.3, 0.4) is 0 Å². The highest BCUT2D eigenvalue weighted by atomic mass is 32.1. The third-order valence-electron chi connectivity index (χ3n) is 2.47. The van der Waals surface area contributed by atoms with Gasteiger partial charge in [0.2, 0.25) is 6.08 Å². The van der Waals surface area contributed by atoms with Crippen LogP contribution in [0.15, 0.2) is 11.2 Å². The summed E-state index contributed by atoms with van der Waals surface area (Å²) in [6.07, 6.45) is 8.22. The van der Waals surface area contributed by atoms with Crippen molar-refractivity contribution in [2.24, 2.45) is 4.99 Å². The van der Waals surface area contributed by atoms with Gasteiger partial charge in [0.15, 0.2) is 0 Å². The van der Waals surface area contributed by atoms with Crippen LogP contribution in [0.2, 0.25) is 0 Å². The smallest absolute Gasteiger partial charge is 0.211 e. The van der Waals surface area contributed by atoms with Crippen molar-refractivity contribution in [1.29, 1.82) is 0 Å². The first-order valence-corrected chi connectivity index (χ1v) is 5.21. The van der Waals surface area contributed by atoms with Crippen molar-refractivity contribution >= 4 is 23.3 Å². The van der Waals surface area contributed by atoms with Crippen LogP contribution in [0, 0.1) is 0 Å². The molecular formula is C9H10N2OS. The maximum atomic E-state index is 10.1. The molecule has 0 amide bonds. The van der Waals surface area contributed by atoms with Gasteiger partial charge in [0.1, 0.15) is 5.69 Å². The predicted octanol–water partition coefficient (Wildman–Crippen LogP) is 2.77. The maximum absolute atomic E-state index is 10.1. The summed E-state index contributed by atoms with van der Waals surface area (Å²) in [5.74, 6) is 0.583. The standard InChI is InChI=1S/C9H10N2OS/c12-6-10-8-5-11-13-9(8)7-3-1-2-4-7/h5,7H,1-4H2. The number of aromatic nitrogens is 1. The summed E-state index contributed by atoms with van der Waals surface area (Å²) in [5.41, 5.74) is 0.729. The Kier molecular flexibility index (Phi) is 2.52. The molecule has 1 aromatic heterocycles. The third-order valence-corrected chi connectivity index (χ3v) is 3.42. The zero-order valence-corrected chi connectivity index (χ0v) is 8.01. The first kappa shape index (κ1) is 8.60. The monoisotopic (exact) mass is 194 g/mol. The largest absolute Gasteiger partial charge is 0.240 e. The number of nitrogens with zero attached hydrogens (tertiary/aromatic N) is 2. The van der Waals surface area contributed by atoms with Crippen molar-refractivity contribution in [2.75, 3.05) is 0 Å². The van der Waals surface area contributed by atoms with Crippen molar-refractivity contribution < 1.29 is 4.79 Å². The predicted molar refractivity (Wildman–Crippen MR) is 51.1 cm³/mol. The Bertz CT molecular complexity index is 335. The molecule has 0 unspecified atom stereocenters. The van der Waals surface area contributed by atoms with Crippen LogP contribution >= 0.6 is 11.5 Å². The van der Waals surface area contributed by atoms with E-state index < -0.39 is 0 Å². The second kappa shape index (κ2) is 3.81. The molecule has 13 heavy (non-hydrogen) atoms. The molecule has 1 fully saturated rings. The van der Waals surface area contributed by atoms with Gasteiger partial charge >= 0.3 is 0 Å². The molecule has 0 radical (unpaired) electrons. The minimum atomic E-state index is 0.583. The van der Waals surface area contributed by atoms with Crippen molar-refractivity contribution in [3.63, 3.8) is 0 Å². The molecule has 0 aliphatic heterocycles. The molecule has 1 aliphatic rings. The number of aliphatic imine (C=N–C) groups is 1. The van der Waals surface area contributed by atoms with Gasteiger partial charge in [-0.05, 0) is 30.3 Å². The van der Waals surface area contributed by atoms with Gasteiger partial charge in [-0.15, -0.1) is 0 Å². The highest BCUT2D eigenvalue weighted by Crippen LogP contribution is 2.40. The zero-order chi connectivity index (χ0) is 9.10. The van der Waals surface area contributed by atoms with Gasteiger partial charge in [-0.3, -0.25) is 0 Å². The number of isocyanates is 1. The van der Waals surface area contributed by atoms with Crippen molar-refractivity contribution in [2.45, 2.75) is 31.6 Å². The summed E-state index contributed by atoms with van der Waals surface area (Å²) >= 11 is 1.46. The van der Waals surface area contributed by atoms with Gasteiger partial charge in [-0.1, -0.05) is 12.8 Å². The Morgan fingerprint density at radius 1 is 1.54 bits per heavy atom. The van der Waals surface area contributed by atoms with Crippen LogP contribution < -0.4 is 0 Å². The molecule has 0 N–H and O–H groups in total. The van der Waals surface area contributed by atoms with Gasteiger partial charge < -0.3 is 0 Å². The second-order valence-electron chi connectivity index (χ2n) is 3.26. The molecule has 4 heteroatoms. The van der Waals surface area contributed by atoms with Crippen LogP contribution in [-0.4, -0.2) is 10.5 Å². The fourth-order valence-electron chi connectivity index (χ4n) is 1.85. The minimum Gasteiger partial charge on any atom is -0.211 e. The van der Waals surface area contributed by atoms with Gasteiger partial charge in [0.25, 0.3) is 0 Å². The van der Waals surface area contributed by atoms with Gasteiger partial charge in [-0.2, -0.15) is 9.37 Å². The van der Waals surface area contributed by atoms with E-state index in [1.54, 1.807) is 12.3 Å². The van der Waals surface area contributed by atoms with Crippen LogP contribution in [-0.2, 0) is 4.79 Å². The fraction of sp³-hybridized carbons (Fsp3) is 0.556. The van der Waals surface area contributed by atoms with E-state index in [-0.39, 0.29) is 0 Å². The lowest BCUT2D eigenvalue weighted by molar-refractivity contribution is 0.565. The normalized spacial score (nSPS) is 17.2. The number of hydrogen-bond acceptors (Lipinski definition) is 4. The average molecular weight is 194 g/mol. The lowest BCUT2D eigenvalue weighted by Crippen LogP contribution is -1.87. The highest BCUT2D eigenvalue weighted by molar-refractivity contribution is 7.06. The first-order chi connectivity index (χ1) is 6.42. The van der Waals surface area contributed by atoms with E-state index in [0.29, 0.717) is 5.92 Å². The summed E-state index contributed by atoms with van der Waals surface area (Å²) in [7, 11) is 0. The number of carbonyl (C=O) groups excluding carboxylic acids is 1. The Hall–Kier alpha value is -0.990. The summed E-state index contributed by atoms with van der Waals surface area (Å²) in [4.78, 5) is 14.9. The number of hydrogen-bond donors (Lipinski definition) is 0. The molecule has 0 bridgehead atoms. The van der Waals surface area contributed by atoms with E-state index in [1.165, 1.54) is 42.1 Å². The average Bonchev–Trinajstić information content (AvgIpc) is 2.71. The second-order valence-corrected chi connectivity index (χ2v) is 4.09. The molecule has 1 heterocycles. The highest BCUT2D eigenvalue weighted by Gasteiger charge is 2.21. The molecule has 3 nitrogen and oxygen atoms in total. The van der Waals surface area contributed by atoms with Crippen LogP contribution in [0.5, 0.6) is 0 Å².